The van der Waals surface area contributed by atoms with Crippen molar-refractivity contribution in [2.45, 2.75) is 44.5 Å². The Labute approximate surface area is 248 Å². The molecule has 3 aromatic carbocycles. The lowest BCUT2D eigenvalue weighted by atomic mass is 10.1. The molecule has 0 saturated carbocycles. The highest BCUT2D eigenvalue weighted by atomic mass is 19.4. The summed E-state index contributed by atoms with van der Waals surface area (Å²) in [7, 11) is 0. The van der Waals surface area contributed by atoms with Gasteiger partial charge in [-0.25, -0.2) is 4.79 Å². The zero-order chi connectivity index (χ0) is 31.1. The summed E-state index contributed by atoms with van der Waals surface area (Å²) >= 11 is 0. The van der Waals surface area contributed by atoms with Gasteiger partial charge < -0.3 is 31.7 Å². The van der Waals surface area contributed by atoms with Crippen LogP contribution in [0.25, 0.3) is 0 Å². The summed E-state index contributed by atoms with van der Waals surface area (Å²) in [6, 6.07) is 19.5. The van der Waals surface area contributed by atoms with E-state index in [0.717, 1.165) is 17.7 Å². The fourth-order valence-electron chi connectivity index (χ4n) is 4.11. The second kappa shape index (κ2) is 16.8. The zero-order valence-electron chi connectivity index (χ0n) is 23.6. The molecule has 3 aromatic rings. The molecule has 43 heavy (non-hydrogen) atoms. The van der Waals surface area contributed by atoms with Gasteiger partial charge in [0.05, 0.1) is 16.8 Å². The van der Waals surface area contributed by atoms with Crippen molar-refractivity contribution in [1.82, 2.24) is 16.0 Å². The van der Waals surface area contributed by atoms with E-state index in [1.165, 1.54) is 12.1 Å². The van der Waals surface area contributed by atoms with E-state index in [1.54, 1.807) is 24.3 Å². The summed E-state index contributed by atoms with van der Waals surface area (Å²) < 4.78 is 44.5. The van der Waals surface area contributed by atoms with Crippen molar-refractivity contribution in [3.8, 4) is 0 Å². The number of rotatable bonds is 15. The van der Waals surface area contributed by atoms with Gasteiger partial charge in [-0.2, -0.15) is 13.2 Å². The van der Waals surface area contributed by atoms with Crippen LogP contribution in [0.5, 0.6) is 0 Å². The maximum atomic E-state index is 13.1. The third-order valence-corrected chi connectivity index (χ3v) is 6.35. The molecular formula is C31H36F3N5O4. The number of anilines is 2. The Balaban J connectivity index is 1.47. The number of halogens is 3. The Morgan fingerprint density at radius 1 is 0.837 bits per heavy atom. The predicted octanol–water partition coefficient (Wildman–Crippen LogP) is 5.11. The van der Waals surface area contributed by atoms with E-state index in [9.17, 15) is 27.6 Å². The number of nitrogens with two attached hydrogens (primary N) is 1. The molecule has 3 amide bonds. The van der Waals surface area contributed by atoms with Crippen molar-refractivity contribution < 1.29 is 32.3 Å². The summed E-state index contributed by atoms with van der Waals surface area (Å²) in [5.74, 6) is -0.806. The first-order valence-corrected chi connectivity index (χ1v) is 13.9. The van der Waals surface area contributed by atoms with Crippen molar-refractivity contribution in [2.75, 3.05) is 25.0 Å². The van der Waals surface area contributed by atoms with Crippen molar-refractivity contribution in [2.24, 2.45) is 5.73 Å². The van der Waals surface area contributed by atoms with E-state index >= 15 is 0 Å². The summed E-state index contributed by atoms with van der Waals surface area (Å²) in [5.41, 5.74) is 6.36. The molecule has 6 N–H and O–H groups in total. The van der Waals surface area contributed by atoms with Gasteiger partial charge in [-0.05, 0) is 68.1 Å². The molecule has 0 saturated heterocycles. The fourth-order valence-corrected chi connectivity index (χ4v) is 4.11. The number of benzene rings is 3. The second-order valence-corrected chi connectivity index (χ2v) is 9.69. The van der Waals surface area contributed by atoms with E-state index in [2.05, 4.69) is 21.3 Å². The summed E-state index contributed by atoms with van der Waals surface area (Å²) in [6.45, 7) is 0.992. The Kier molecular flexibility index (Phi) is 12.8. The minimum atomic E-state index is -4.49. The highest BCUT2D eigenvalue weighted by Gasteiger charge is 2.30. The molecule has 0 fully saturated rings. The van der Waals surface area contributed by atoms with Crippen molar-refractivity contribution >= 4 is 29.3 Å². The fraction of sp³-hybridized carbons (Fsp3) is 0.323. The van der Waals surface area contributed by atoms with E-state index in [0.29, 0.717) is 37.9 Å². The summed E-state index contributed by atoms with van der Waals surface area (Å²) in [6.07, 6.45) is -3.08. The minimum absolute atomic E-state index is 0.0715. The first-order chi connectivity index (χ1) is 20.7. The van der Waals surface area contributed by atoms with Crippen molar-refractivity contribution in [3.05, 3.63) is 95.6 Å². The normalized spacial score (nSPS) is 11.7. The highest BCUT2D eigenvalue weighted by molar-refractivity contribution is 6.00. The topological polar surface area (TPSA) is 135 Å². The number of carbonyl (C=O) groups is 3. The van der Waals surface area contributed by atoms with E-state index in [-0.39, 0.29) is 36.9 Å². The Hall–Kier alpha value is -4.58. The number of hydrogen-bond acceptors (Lipinski definition) is 6. The molecule has 0 aliphatic heterocycles. The smallest absolute Gasteiger partial charge is 0.416 e. The van der Waals surface area contributed by atoms with Crippen LogP contribution in [0.4, 0.5) is 29.3 Å². The number of amides is 3. The average molecular weight is 600 g/mol. The molecule has 0 bridgehead atoms. The number of ether oxygens (including phenoxy) is 1. The summed E-state index contributed by atoms with van der Waals surface area (Å²) in [4.78, 5) is 37.9. The van der Waals surface area contributed by atoms with Crippen LogP contribution in [0.3, 0.4) is 0 Å². The first-order valence-electron chi connectivity index (χ1n) is 13.9. The van der Waals surface area contributed by atoms with E-state index in [4.69, 9.17) is 10.5 Å². The van der Waals surface area contributed by atoms with Gasteiger partial charge in [0.1, 0.15) is 12.6 Å². The van der Waals surface area contributed by atoms with Crippen LogP contribution in [0.2, 0.25) is 0 Å². The van der Waals surface area contributed by atoms with E-state index < -0.39 is 29.8 Å². The van der Waals surface area contributed by atoms with Crippen LogP contribution in [0.1, 0.15) is 47.2 Å². The van der Waals surface area contributed by atoms with Gasteiger partial charge in [-0.3, -0.25) is 9.59 Å². The molecule has 1 unspecified atom stereocenters. The quantitative estimate of drug-likeness (QED) is 0.154. The number of para-hydroxylation sites is 1. The molecule has 0 aliphatic carbocycles. The van der Waals surface area contributed by atoms with Crippen LogP contribution in [0.15, 0.2) is 78.9 Å². The predicted molar refractivity (Wildman–Crippen MR) is 158 cm³/mol. The summed E-state index contributed by atoms with van der Waals surface area (Å²) in [5, 5.41) is 11.0. The van der Waals surface area contributed by atoms with Gasteiger partial charge in [-0.15, -0.1) is 0 Å². The van der Waals surface area contributed by atoms with Gasteiger partial charge >= 0.3 is 12.3 Å². The van der Waals surface area contributed by atoms with Gasteiger partial charge in [0.25, 0.3) is 5.91 Å². The second-order valence-electron chi connectivity index (χ2n) is 9.69. The molecular weight excluding hydrogens is 563 g/mol. The lowest BCUT2D eigenvalue weighted by Crippen LogP contribution is -2.47. The maximum absolute atomic E-state index is 13.1. The molecule has 0 spiro atoms. The van der Waals surface area contributed by atoms with Crippen LogP contribution in [-0.4, -0.2) is 43.6 Å². The third-order valence-electron chi connectivity index (χ3n) is 6.35. The van der Waals surface area contributed by atoms with Crippen LogP contribution in [0, 0.1) is 0 Å². The standard InChI is InChI=1S/C31H36F3N5O4/c32-31(33,34)23-12-8-13-24(20-23)38-26-15-5-4-14-25(26)28(40)36-18-9-19-37-29(41)27(16-6-7-17-35)39-30(42)43-21-22-10-2-1-3-11-22/h1-5,8,10-15,20,27,38H,6-7,9,16-19,21,35H2,(H,36,40)(H,37,41)(H,39,42). The van der Waals surface area contributed by atoms with Crippen molar-refractivity contribution in [3.63, 3.8) is 0 Å². The molecule has 0 aromatic heterocycles. The van der Waals surface area contributed by atoms with Crippen LogP contribution < -0.4 is 27.0 Å². The zero-order valence-corrected chi connectivity index (χ0v) is 23.6. The average Bonchev–Trinajstić information content (AvgIpc) is 3.00. The van der Waals surface area contributed by atoms with Crippen molar-refractivity contribution in [1.29, 1.82) is 0 Å². The van der Waals surface area contributed by atoms with Gasteiger partial charge in [0.2, 0.25) is 5.91 Å². The third kappa shape index (κ3) is 11.3. The Morgan fingerprint density at radius 3 is 2.30 bits per heavy atom. The number of nitrogens with one attached hydrogen (secondary N) is 4. The molecule has 0 heterocycles. The largest absolute Gasteiger partial charge is 0.445 e. The molecule has 0 aliphatic rings. The lowest BCUT2D eigenvalue weighted by Gasteiger charge is -2.18. The van der Waals surface area contributed by atoms with Gasteiger partial charge in [-0.1, -0.05) is 48.5 Å². The molecule has 9 nitrogen and oxygen atoms in total. The highest BCUT2D eigenvalue weighted by Crippen LogP contribution is 2.31. The Bertz CT molecular complexity index is 1340. The molecule has 230 valence electrons. The van der Waals surface area contributed by atoms with Gasteiger partial charge in [0.15, 0.2) is 0 Å². The minimum Gasteiger partial charge on any atom is -0.445 e. The first kappa shape index (κ1) is 32.9. The maximum Gasteiger partial charge on any atom is 0.416 e. The monoisotopic (exact) mass is 599 g/mol. The lowest BCUT2D eigenvalue weighted by molar-refractivity contribution is -0.137. The number of carbonyl (C=O) groups excluding carboxylic acids is 3. The SMILES string of the molecule is NCCCCC(NC(=O)OCc1ccccc1)C(=O)NCCCNC(=O)c1ccccc1Nc1cccc(C(F)(F)F)c1. The molecule has 0 radical (unpaired) electrons. The van der Waals surface area contributed by atoms with Crippen LogP contribution in [-0.2, 0) is 22.3 Å². The molecule has 1 atom stereocenters. The number of unbranched alkanes of at least 4 members (excludes halogenated alkanes) is 1. The molecule has 3 rings (SSSR count). The molecule has 12 heteroatoms. The van der Waals surface area contributed by atoms with E-state index in [1.807, 2.05) is 30.3 Å². The van der Waals surface area contributed by atoms with Gasteiger partial charge in [0, 0.05) is 18.8 Å². The number of alkyl carbamates (subject to hydrolysis) is 1. The van der Waals surface area contributed by atoms with Crippen LogP contribution >= 0.6 is 0 Å². The number of alkyl halides is 3. The Morgan fingerprint density at radius 2 is 1.56 bits per heavy atom. The number of hydrogen-bond donors (Lipinski definition) is 5.